The van der Waals surface area contributed by atoms with Crippen LogP contribution in [0.2, 0.25) is 0 Å². The van der Waals surface area contributed by atoms with Gasteiger partial charge in [-0.25, -0.2) is 4.39 Å². The van der Waals surface area contributed by atoms with Crippen molar-refractivity contribution in [3.05, 3.63) is 29.6 Å². The van der Waals surface area contributed by atoms with Crippen LogP contribution in [0.25, 0.3) is 0 Å². The third kappa shape index (κ3) is 2.11. The minimum Gasteiger partial charge on any atom is -0.493 e. The maximum atomic E-state index is 13.4. The fraction of sp³-hybridized carbons (Fsp3) is 0.455. The smallest absolute Gasteiger partial charge is 0.165 e. The number of methoxy groups -OCH3 is 1. The Morgan fingerprint density at radius 3 is 2.67 bits per heavy atom. The molecule has 1 unspecified atom stereocenters. The molecule has 0 saturated heterocycles. The first-order valence-corrected chi connectivity index (χ1v) is 4.73. The number of aliphatic hydroxyl groups is 1. The molecule has 0 spiro atoms. The van der Waals surface area contributed by atoms with Gasteiger partial charge in [0.1, 0.15) is 0 Å². The SMILES string of the molecule is COc1c(F)cccc1C(C)(CN)CO. The zero-order valence-electron chi connectivity index (χ0n) is 8.96. The Morgan fingerprint density at radius 2 is 2.20 bits per heavy atom. The highest BCUT2D eigenvalue weighted by Gasteiger charge is 2.28. The van der Waals surface area contributed by atoms with Crippen molar-refractivity contribution in [3.8, 4) is 5.75 Å². The number of benzene rings is 1. The summed E-state index contributed by atoms with van der Waals surface area (Å²) in [5, 5.41) is 9.29. The predicted molar refractivity (Wildman–Crippen MR) is 56.4 cm³/mol. The third-order valence-corrected chi connectivity index (χ3v) is 2.62. The van der Waals surface area contributed by atoms with Crippen molar-refractivity contribution in [3.63, 3.8) is 0 Å². The Bertz CT molecular complexity index is 337. The molecular weight excluding hydrogens is 197 g/mol. The molecule has 0 bridgehead atoms. The van der Waals surface area contributed by atoms with Gasteiger partial charge in [0.2, 0.25) is 0 Å². The lowest BCUT2D eigenvalue weighted by Gasteiger charge is -2.27. The summed E-state index contributed by atoms with van der Waals surface area (Å²) in [4.78, 5) is 0. The van der Waals surface area contributed by atoms with Gasteiger partial charge in [-0.05, 0) is 6.07 Å². The second-order valence-electron chi connectivity index (χ2n) is 3.74. The molecule has 1 aromatic carbocycles. The molecule has 15 heavy (non-hydrogen) atoms. The molecule has 0 amide bonds. The van der Waals surface area contributed by atoms with Crippen LogP contribution in [0.1, 0.15) is 12.5 Å². The fourth-order valence-corrected chi connectivity index (χ4v) is 1.45. The molecule has 1 aromatic rings. The molecule has 84 valence electrons. The van der Waals surface area contributed by atoms with E-state index in [1.165, 1.54) is 13.2 Å². The molecule has 3 nitrogen and oxygen atoms in total. The van der Waals surface area contributed by atoms with E-state index in [0.717, 1.165) is 0 Å². The van der Waals surface area contributed by atoms with Gasteiger partial charge in [0, 0.05) is 17.5 Å². The number of nitrogens with two attached hydrogens (primary N) is 1. The van der Waals surface area contributed by atoms with Gasteiger partial charge < -0.3 is 15.6 Å². The maximum absolute atomic E-state index is 13.4. The quantitative estimate of drug-likeness (QED) is 0.785. The lowest BCUT2D eigenvalue weighted by atomic mass is 9.82. The van der Waals surface area contributed by atoms with Crippen LogP contribution in [-0.2, 0) is 5.41 Å². The molecule has 3 N–H and O–H groups in total. The predicted octanol–water partition coefficient (Wildman–Crippen LogP) is 1.04. The van der Waals surface area contributed by atoms with Crippen LogP contribution in [0.15, 0.2) is 18.2 Å². The zero-order valence-corrected chi connectivity index (χ0v) is 8.96. The molecule has 0 aliphatic rings. The van der Waals surface area contributed by atoms with Crippen LogP contribution in [0.5, 0.6) is 5.75 Å². The summed E-state index contributed by atoms with van der Waals surface area (Å²) in [7, 11) is 1.40. The molecule has 1 rings (SSSR count). The van der Waals surface area contributed by atoms with Gasteiger partial charge in [0.05, 0.1) is 13.7 Å². The molecule has 0 saturated carbocycles. The second-order valence-corrected chi connectivity index (χ2v) is 3.74. The van der Waals surface area contributed by atoms with Gasteiger partial charge in [0.25, 0.3) is 0 Å². The van der Waals surface area contributed by atoms with Crippen molar-refractivity contribution >= 4 is 0 Å². The molecule has 0 heterocycles. The largest absolute Gasteiger partial charge is 0.493 e. The van der Waals surface area contributed by atoms with Crippen LogP contribution < -0.4 is 10.5 Å². The van der Waals surface area contributed by atoms with E-state index < -0.39 is 11.2 Å². The average molecular weight is 213 g/mol. The van der Waals surface area contributed by atoms with E-state index in [9.17, 15) is 9.50 Å². The minimum absolute atomic E-state index is 0.149. The third-order valence-electron chi connectivity index (χ3n) is 2.62. The van der Waals surface area contributed by atoms with E-state index in [-0.39, 0.29) is 18.9 Å². The van der Waals surface area contributed by atoms with Gasteiger partial charge in [-0.1, -0.05) is 19.1 Å². The average Bonchev–Trinajstić information content (AvgIpc) is 2.27. The molecule has 4 heteroatoms. The van der Waals surface area contributed by atoms with Crippen LogP contribution >= 0.6 is 0 Å². The van der Waals surface area contributed by atoms with Gasteiger partial charge in [-0.15, -0.1) is 0 Å². The van der Waals surface area contributed by atoms with Gasteiger partial charge in [-0.3, -0.25) is 0 Å². The monoisotopic (exact) mass is 213 g/mol. The number of aliphatic hydroxyl groups excluding tert-OH is 1. The lowest BCUT2D eigenvalue weighted by Crippen LogP contribution is -2.36. The summed E-state index contributed by atoms with van der Waals surface area (Å²) in [6.07, 6.45) is 0. The Balaban J connectivity index is 3.29. The lowest BCUT2D eigenvalue weighted by molar-refractivity contribution is 0.205. The second kappa shape index (κ2) is 4.59. The first-order chi connectivity index (χ1) is 7.09. The summed E-state index contributed by atoms with van der Waals surface area (Å²) < 4.78 is 18.4. The Morgan fingerprint density at radius 1 is 1.53 bits per heavy atom. The van der Waals surface area contributed by atoms with E-state index in [2.05, 4.69) is 0 Å². The van der Waals surface area contributed by atoms with E-state index in [0.29, 0.717) is 5.56 Å². The molecule has 0 fully saturated rings. The van der Waals surface area contributed by atoms with Crippen molar-refractivity contribution in [2.75, 3.05) is 20.3 Å². The summed E-state index contributed by atoms with van der Waals surface area (Å²) >= 11 is 0. The first-order valence-electron chi connectivity index (χ1n) is 4.73. The zero-order chi connectivity index (χ0) is 11.5. The van der Waals surface area contributed by atoms with Gasteiger partial charge in [0.15, 0.2) is 11.6 Å². The van der Waals surface area contributed by atoms with Crippen molar-refractivity contribution in [2.45, 2.75) is 12.3 Å². The highest BCUT2D eigenvalue weighted by atomic mass is 19.1. The number of halogens is 1. The maximum Gasteiger partial charge on any atom is 0.165 e. The summed E-state index contributed by atoms with van der Waals surface area (Å²) in [6.45, 7) is 1.84. The number of ether oxygens (including phenoxy) is 1. The highest BCUT2D eigenvalue weighted by Crippen LogP contribution is 2.32. The van der Waals surface area contributed by atoms with Crippen molar-refractivity contribution in [1.29, 1.82) is 0 Å². The van der Waals surface area contributed by atoms with E-state index in [1.54, 1.807) is 19.1 Å². The Labute approximate surface area is 88.7 Å². The summed E-state index contributed by atoms with van der Waals surface area (Å²) in [5.41, 5.74) is 5.50. The van der Waals surface area contributed by atoms with Crippen LogP contribution in [-0.4, -0.2) is 25.4 Å². The van der Waals surface area contributed by atoms with Crippen molar-refractivity contribution in [2.24, 2.45) is 5.73 Å². The number of hydrogen-bond donors (Lipinski definition) is 2. The molecule has 0 aliphatic carbocycles. The standard InChI is InChI=1S/C11H16FNO2/c1-11(6-13,7-14)8-4-3-5-9(12)10(8)15-2/h3-5,14H,6-7,13H2,1-2H3. The molecular formula is C11H16FNO2. The topological polar surface area (TPSA) is 55.5 Å². The van der Waals surface area contributed by atoms with Gasteiger partial charge >= 0.3 is 0 Å². The Kier molecular flexibility index (Phi) is 3.66. The normalized spacial score (nSPS) is 14.7. The number of para-hydroxylation sites is 1. The number of hydrogen-bond acceptors (Lipinski definition) is 3. The summed E-state index contributed by atoms with van der Waals surface area (Å²) in [5.74, 6) is -0.289. The van der Waals surface area contributed by atoms with E-state index >= 15 is 0 Å². The molecule has 0 radical (unpaired) electrons. The van der Waals surface area contributed by atoms with Crippen molar-refractivity contribution < 1.29 is 14.2 Å². The molecule has 0 aliphatic heterocycles. The van der Waals surface area contributed by atoms with Crippen LogP contribution in [0.4, 0.5) is 4.39 Å². The van der Waals surface area contributed by atoms with Crippen LogP contribution in [0, 0.1) is 5.82 Å². The van der Waals surface area contributed by atoms with Crippen LogP contribution in [0.3, 0.4) is 0 Å². The fourth-order valence-electron chi connectivity index (χ4n) is 1.45. The first kappa shape index (κ1) is 11.9. The summed E-state index contributed by atoms with van der Waals surface area (Å²) in [6, 6.07) is 4.61. The van der Waals surface area contributed by atoms with E-state index in [1.807, 2.05) is 0 Å². The van der Waals surface area contributed by atoms with Gasteiger partial charge in [-0.2, -0.15) is 0 Å². The molecule has 0 aromatic heterocycles. The molecule has 1 atom stereocenters. The highest BCUT2D eigenvalue weighted by molar-refractivity contribution is 5.40. The Hall–Kier alpha value is -1.13. The van der Waals surface area contributed by atoms with E-state index in [4.69, 9.17) is 10.5 Å². The van der Waals surface area contributed by atoms with Crippen molar-refractivity contribution in [1.82, 2.24) is 0 Å². The number of rotatable bonds is 4. The minimum atomic E-state index is -0.673.